The highest BCUT2D eigenvalue weighted by molar-refractivity contribution is 5.82. The average Bonchev–Trinajstić information content (AvgIpc) is 2.01. The van der Waals surface area contributed by atoms with E-state index in [4.69, 9.17) is 0 Å². The summed E-state index contributed by atoms with van der Waals surface area (Å²) in [6, 6.07) is 6.29. The summed E-state index contributed by atoms with van der Waals surface area (Å²) in [4.78, 5) is 11.2. The Hall–Kier alpha value is -1.11. The number of benzene rings is 1. The molecule has 0 radical (unpaired) electrons. The summed E-state index contributed by atoms with van der Waals surface area (Å²) in [5.74, 6) is 0.253. The monoisotopic (exact) mass is 176 g/mol. The molecule has 0 saturated heterocycles. The fourth-order valence-electron chi connectivity index (χ4n) is 1.49. The lowest BCUT2D eigenvalue weighted by molar-refractivity contribution is -0.118. The summed E-state index contributed by atoms with van der Waals surface area (Å²) in [7, 11) is 0. The molecule has 1 rings (SSSR count). The third-order valence-electron chi connectivity index (χ3n) is 2.35. The van der Waals surface area contributed by atoms with Crippen LogP contribution in [0.4, 0.5) is 0 Å². The van der Waals surface area contributed by atoms with Crippen molar-refractivity contribution in [2.45, 2.75) is 33.6 Å². The molecule has 0 amide bonds. The quantitative estimate of drug-likeness (QED) is 0.677. The van der Waals surface area contributed by atoms with E-state index in [1.54, 1.807) is 6.92 Å². The Morgan fingerprint density at radius 1 is 1.15 bits per heavy atom. The molecule has 0 bridgehead atoms. The van der Waals surface area contributed by atoms with Gasteiger partial charge in [0.1, 0.15) is 5.78 Å². The number of ketones is 1. The molecule has 0 saturated carbocycles. The number of hydrogen-bond acceptors (Lipinski definition) is 1. The Labute approximate surface area is 79.8 Å². The van der Waals surface area contributed by atoms with Crippen molar-refractivity contribution in [1.82, 2.24) is 0 Å². The zero-order valence-corrected chi connectivity index (χ0v) is 8.72. The predicted molar refractivity (Wildman–Crippen MR) is 55.0 cm³/mol. The van der Waals surface area contributed by atoms with Gasteiger partial charge in [0.2, 0.25) is 0 Å². The molecule has 0 heterocycles. The maximum atomic E-state index is 11.2. The van der Waals surface area contributed by atoms with Crippen LogP contribution in [0.1, 0.15) is 36.5 Å². The molecule has 70 valence electrons. The van der Waals surface area contributed by atoms with Crippen molar-refractivity contribution >= 4 is 5.78 Å². The van der Waals surface area contributed by atoms with E-state index in [9.17, 15) is 4.79 Å². The van der Waals surface area contributed by atoms with Crippen molar-refractivity contribution in [1.29, 1.82) is 0 Å². The smallest absolute Gasteiger partial charge is 0.136 e. The molecule has 13 heavy (non-hydrogen) atoms. The molecule has 0 N–H and O–H groups in total. The number of aryl methyl sites for hydroxylation is 2. The lowest BCUT2D eigenvalue weighted by Crippen LogP contribution is -2.04. The molecule has 0 aliphatic rings. The van der Waals surface area contributed by atoms with E-state index in [0.29, 0.717) is 0 Å². The van der Waals surface area contributed by atoms with Crippen LogP contribution >= 0.6 is 0 Å². The normalized spacial score (nSPS) is 12.6. The SMILES string of the molecule is CC(=O)C(C)c1cc(C)cc(C)c1. The maximum absolute atomic E-state index is 11.2. The van der Waals surface area contributed by atoms with Crippen molar-refractivity contribution in [3.05, 3.63) is 34.9 Å². The van der Waals surface area contributed by atoms with E-state index >= 15 is 0 Å². The number of Topliss-reactive ketones (excluding diaryl/α,β-unsaturated/α-hetero) is 1. The molecule has 0 aliphatic heterocycles. The summed E-state index contributed by atoms with van der Waals surface area (Å²) in [5, 5.41) is 0. The van der Waals surface area contributed by atoms with Gasteiger partial charge in [0, 0.05) is 5.92 Å². The molecule has 0 fully saturated rings. The number of carbonyl (C=O) groups excluding carboxylic acids is 1. The summed E-state index contributed by atoms with van der Waals surface area (Å²) in [6.07, 6.45) is 0. The van der Waals surface area contributed by atoms with Crippen molar-refractivity contribution in [3.8, 4) is 0 Å². The maximum Gasteiger partial charge on any atom is 0.136 e. The van der Waals surface area contributed by atoms with Gasteiger partial charge in [-0.2, -0.15) is 0 Å². The Kier molecular flexibility index (Phi) is 2.86. The van der Waals surface area contributed by atoms with Crippen LogP contribution in [0.2, 0.25) is 0 Å². The van der Waals surface area contributed by atoms with E-state index in [0.717, 1.165) is 5.56 Å². The topological polar surface area (TPSA) is 17.1 Å². The summed E-state index contributed by atoms with van der Waals surface area (Å²) in [6.45, 7) is 7.71. The minimum atomic E-state index is 0.0265. The van der Waals surface area contributed by atoms with Crippen LogP contribution in [0.3, 0.4) is 0 Å². The fraction of sp³-hybridized carbons (Fsp3) is 0.417. The summed E-state index contributed by atoms with van der Waals surface area (Å²) < 4.78 is 0. The van der Waals surface area contributed by atoms with Gasteiger partial charge in [-0.1, -0.05) is 36.2 Å². The fourth-order valence-corrected chi connectivity index (χ4v) is 1.49. The largest absolute Gasteiger partial charge is 0.299 e. The first kappa shape index (κ1) is 9.97. The van der Waals surface area contributed by atoms with Gasteiger partial charge in [-0.3, -0.25) is 4.79 Å². The summed E-state index contributed by atoms with van der Waals surface area (Å²) in [5.41, 5.74) is 3.58. The van der Waals surface area contributed by atoms with Gasteiger partial charge in [-0.05, 0) is 26.3 Å². The molecule has 1 aromatic rings. The van der Waals surface area contributed by atoms with Crippen LogP contribution < -0.4 is 0 Å². The zero-order valence-electron chi connectivity index (χ0n) is 8.72. The Morgan fingerprint density at radius 2 is 1.62 bits per heavy atom. The highest BCUT2D eigenvalue weighted by Crippen LogP contribution is 2.19. The molecule has 1 atom stereocenters. The number of carbonyl (C=O) groups is 1. The second-order valence-corrected chi connectivity index (χ2v) is 3.75. The molecule has 1 aromatic carbocycles. The summed E-state index contributed by atoms with van der Waals surface area (Å²) >= 11 is 0. The van der Waals surface area contributed by atoms with Crippen molar-refractivity contribution in [2.75, 3.05) is 0 Å². The van der Waals surface area contributed by atoms with Gasteiger partial charge in [0.15, 0.2) is 0 Å². The van der Waals surface area contributed by atoms with Gasteiger partial charge in [-0.15, -0.1) is 0 Å². The van der Waals surface area contributed by atoms with Crippen LogP contribution in [0.25, 0.3) is 0 Å². The lowest BCUT2D eigenvalue weighted by Gasteiger charge is -2.09. The minimum Gasteiger partial charge on any atom is -0.299 e. The van der Waals surface area contributed by atoms with Crippen LogP contribution in [-0.4, -0.2) is 5.78 Å². The van der Waals surface area contributed by atoms with Gasteiger partial charge < -0.3 is 0 Å². The van der Waals surface area contributed by atoms with Crippen LogP contribution in [0.5, 0.6) is 0 Å². The van der Waals surface area contributed by atoms with Gasteiger partial charge >= 0.3 is 0 Å². The second kappa shape index (κ2) is 3.73. The van der Waals surface area contributed by atoms with E-state index in [2.05, 4.69) is 32.0 Å². The molecule has 0 aromatic heterocycles. The first-order valence-corrected chi connectivity index (χ1v) is 4.59. The van der Waals surface area contributed by atoms with E-state index in [1.807, 2.05) is 6.92 Å². The van der Waals surface area contributed by atoms with Gasteiger partial charge in [0.05, 0.1) is 0 Å². The Morgan fingerprint density at radius 3 is 2.00 bits per heavy atom. The molecule has 1 heteroatoms. The zero-order chi connectivity index (χ0) is 10.0. The number of hydrogen-bond donors (Lipinski definition) is 0. The molecule has 0 aliphatic carbocycles. The molecular formula is C12H16O. The van der Waals surface area contributed by atoms with Gasteiger partial charge in [-0.25, -0.2) is 0 Å². The third kappa shape index (κ3) is 2.41. The highest BCUT2D eigenvalue weighted by Gasteiger charge is 2.10. The predicted octanol–water partition coefficient (Wildman–Crippen LogP) is 3.00. The Balaban J connectivity index is 3.07. The second-order valence-electron chi connectivity index (χ2n) is 3.75. The Bertz CT molecular complexity index is 306. The first-order valence-electron chi connectivity index (χ1n) is 4.59. The molecule has 1 unspecified atom stereocenters. The third-order valence-corrected chi connectivity index (χ3v) is 2.35. The molecule has 1 nitrogen and oxygen atoms in total. The van der Waals surface area contributed by atoms with E-state index < -0.39 is 0 Å². The van der Waals surface area contributed by atoms with E-state index in [1.165, 1.54) is 11.1 Å². The standard InChI is InChI=1S/C12H16O/c1-8-5-9(2)7-12(6-8)10(3)11(4)13/h5-7,10H,1-4H3. The average molecular weight is 176 g/mol. The van der Waals surface area contributed by atoms with Crippen molar-refractivity contribution < 1.29 is 4.79 Å². The van der Waals surface area contributed by atoms with E-state index in [-0.39, 0.29) is 11.7 Å². The minimum absolute atomic E-state index is 0.0265. The molecule has 0 spiro atoms. The highest BCUT2D eigenvalue weighted by atomic mass is 16.1. The number of rotatable bonds is 2. The van der Waals surface area contributed by atoms with Crippen molar-refractivity contribution in [3.63, 3.8) is 0 Å². The van der Waals surface area contributed by atoms with Crippen LogP contribution in [-0.2, 0) is 4.79 Å². The first-order chi connectivity index (χ1) is 6.00. The van der Waals surface area contributed by atoms with Crippen LogP contribution in [0, 0.1) is 13.8 Å². The molecular weight excluding hydrogens is 160 g/mol. The van der Waals surface area contributed by atoms with Gasteiger partial charge in [0.25, 0.3) is 0 Å². The van der Waals surface area contributed by atoms with Crippen LogP contribution in [0.15, 0.2) is 18.2 Å². The van der Waals surface area contributed by atoms with Crippen molar-refractivity contribution in [2.24, 2.45) is 0 Å². The lowest BCUT2D eigenvalue weighted by atomic mass is 9.94.